The third kappa shape index (κ3) is 3.08. The zero-order valence-corrected chi connectivity index (χ0v) is 13.4. The van der Waals surface area contributed by atoms with E-state index in [-0.39, 0.29) is 6.04 Å². The van der Waals surface area contributed by atoms with E-state index < -0.39 is 10.2 Å². The van der Waals surface area contributed by atoms with Crippen molar-refractivity contribution in [1.82, 2.24) is 8.61 Å². The highest BCUT2D eigenvalue weighted by Crippen LogP contribution is 2.28. The maximum absolute atomic E-state index is 12.6. The first-order valence-corrected chi connectivity index (χ1v) is 9.40. The van der Waals surface area contributed by atoms with Crippen LogP contribution in [0.5, 0.6) is 0 Å². The van der Waals surface area contributed by atoms with E-state index in [2.05, 4.69) is 15.9 Å². The fraction of sp³-hybridized carbons (Fsp3) is 1.00. The first-order valence-electron chi connectivity index (χ1n) is 6.88. The molecule has 0 aromatic carbocycles. The predicted octanol–water partition coefficient (Wildman–Crippen LogP) is 2.21. The van der Waals surface area contributed by atoms with Crippen LogP contribution in [-0.2, 0) is 10.2 Å². The summed E-state index contributed by atoms with van der Waals surface area (Å²) in [6.45, 7) is 4.13. The van der Waals surface area contributed by atoms with Crippen molar-refractivity contribution in [3.63, 3.8) is 0 Å². The molecule has 6 heteroatoms. The topological polar surface area (TPSA) is 40.6 Å². The molecule has 106 valence electrons. The molecule has 0 bridgehead atoms. The van der Waals surface area contributed by atoms with Crippen LogP contribution in [0.25, 0.3) is 0 Å². The Balaban J connectivity index is 2.02. The van der Waals surface area contributed by atoms with Crippen LogP contribution in [-0.4, -0.2) is 48.0 Å². The molecular formula is C12H23BrN2O2S. The summed E-state index contributed by atoms with van der Waals surface area (Å²) in [6, 6.07) is 0.166. The predicted molar refractivity (Wildman–Crippen MR) is 77.0 cm³/mol. The zero-order valence-electron chi connectivity index (χ0n) is 11.0. The van der Waals surface area contributed by atoms with Crippen molar-refractivity contribution in [2.24, 2.45) is 5.92 Å². The summed E-state index contributed by atoms with van der Waals surface area (Å²) in [4.78, 5) is 0. The summed E-state index contributed by atoms with van der Waals surface area (Å²) in [5.41, 5.74) is 0. The third-order valence-electron chi connectivity index (χ3n) is 4.13. The molecule has 0 radical (unpaired) electrons. The number of alkyl halides is 1. The van der Waals surface area contributed by atoms with Crippen molar-refractivity contribution in [3.8, 4) is 0 Å². The Labute approximate surface area is 119 Å². The molecule has 2 rings (SSSR count). The Morgan fingerprint density at radius 2 is 2.00 bits per heavy atom. The summed E-state index contributed by atoms with van der Waals surface area (Å²) in [6.07, 6.45) is 5.23. The first-order chi connectivity index (χ1) is 8.55. The average Bonchev–Trinajstić information content (AvgIpc) is 2.79. The van der Waals surface area contributed by atoms with Crippen LogP contribution in [0.3, 0.4) is 0 Å². The van der Waals surface area contributed by atoms with Crippen molar-refractivity contribution in [2.45, 2.75) is 45.1 Å². The molecule has 0 amide bonds. The van der Waals surface area contributed by atoms with Crippen molar-refractivity contribution < 1.29 is 8.42 Å². The van der Waals surface area contributed by atoms with E-state index >= 15 is 0 Å². The molecule has 2 atom stereocenters. The van der Waals surface area contributed by atoms with Gasteiger partial charge in [0, 0.05) is 31.0 Å². The highest BCUT2D eigenvalue weighted by molar-refractivity contribution is 9.09. The van der Waals surface area contributed by atoms with Gasteiger partial charge in [0.2, 0.25) is 0 Å². The minimum Gasteiger partial charge on any atom is -0.195 e. The number of piperidine rings is 1. The van der Waals surface area contributed by atoms with Gasteiger partial charge in [0.25, 0.3) is 10.2 Å². The highest BCUT2D eigenvalue weighted by Gasteiger charge is 2.38. The van der Waals surface area contributed by atoms with Gasteiger partial charge in [-0.1, -0.05) is 22.4 Å². The van der Waals surface area contributed by atoms with Crippen LogP contribution in [0.1, 0.15) is 39.0 Å². The third-order valence-corrected chi connectivity index (χ3v) is 6.71. The van der Waals surface area contributed by atoms with Crippen molar-refractivity contribution in [2.75, 3.05) is 25.0 Å². The normalized spacial score (nSPS) is 31.9. The lowest BCUT2D eigenvalue weighted by molar-refractivity contribution is 0.249. The smallest absolute Gasteiger partial charge is 0.195 e. The van der Waals surface area contributed by atoms with Crippen LogP contribution < -0.4 is 0 Å². The monoisotopic (exact) mass is 338 g/mol. The minimum atomic E-state index is -3.21. The van der Waals surface area contributed by atoms with Crippen LogP contribution in [0, 0.1) is 5.92 Å². The maximum atomic E-state index is 12.6. The van der Waals surface area contributed by atoms with Crippen molar-refractivity contribution in [3.05, 3.63) is 0 Å². The Kier molecular flexibility index (Phi) is 5.08. The van der Waals surface area contributed by atoms with E-state index in [1.807, 2.05) is 6.92 Å². The molecular weight excluding hydrogens is 316 g/mol. The summed E-state index contributed by atoms with van der Waals surface area (Å²) in [7, 11) is -3.21. The lowest BCUT2D eigenvalue weighted by atomic mass is 10.1. The molecule has 2 saturated heterocycles. The quantitative estimate of drug-likeness (QED) is 0.737. The van der Waals surface area contributed by atoms with Gasteiger partial charge in [-0.3, -0.25) is 0 Å². The molecule has 2 unspecified atom stereocenters. The van der Waals surface area contributed by atoms with Crippen LogP contribution >= 0.6 is 15.9 Å². The van der Waals surface area contributed by atoms with E-state index in [9.17, 15) is 8.42 Å². The van der Waals surface area contributed by atoms with E-state index in [1.165, 1.54) is 0 Å². The molecule has 2 aliphatic rings. The first kappa shape index (κ1) is 14.8. The summed E-state index contributed by atoms with van der Waals surface area (Å²) < 4.78 is 28.6. The SMILES string of the molecule is CC1CCCCN1S(=O)(=O)N1CCC(CCBr)C1. The van der Waals surface area contributed by atoms with Gasteiger partial charge in [-0.25, -0.2) is 0 Å². The molecule has 0 aromatic heterocycles. The maximum Gasteiger partial charge on any atom is 0.282 e. The minimum absolute atomic E-state index is 0.166. The summed E-state index contributed by atoms with van der Waals surface area (Å²) in [5.74, 6) is 0.527. The summed E-state index contributed by atoms with van der Waals surface area (Å²) >= 11 is 3.44. The average molecular weight is 339 g/mol. The number of hydrogen-bond donors (Lipinski definition) is 0. The van der Waals surface area contributed by atoms with Gasteiger partial charge in [0.05, 0.1) is 0 Å². The Morgan fingerprint density at radius 1 is 1.22 bits per heavy atom. The van der Waals surface area contributed by atoms with E-state index in [0.717, 1.165) is 37.4 Å². The van der Waals surface area contributed by atoms with Gasteiger partial charge in [0.1, 0.15) is 0 Å². The van der Waals surface area contributed by atoms with E-state index in [4.69, 9.17) is 0 Å². The second kappa shape index (κ2) is 6.20. The van der Waals surface area contributed by atoms with Gasteiger partial charge >= 0.3 is 0 Å². The molecule has 4 nitrogen and oxygen atoms in total. The fourth-order valence-electron chi connectivity index (χ4n) is 2.96. The summed E-state index contributed by atoms with van der Waals surface area (Å²) in [5, 5.41) is 0.964. The van der Waals surface area contributed by atoms with Crippen molar-refractivity contribution >= 4 is 26.1 Å². The van der Waals surface area contributed by atoms with Gasteiger partial charge < -0.3 is 0 Å². The van der Waals surface area contributed by atoms with E-state index in [0.29, 0.717) is 25.6 Å². The number of hydrogen-bond acceptors (Lipinski definition) is 2. The van der Waals surface area contributed by atoms with Crippen LogP contribution in [0.15, 0.2) is 0 Å². The zero-order chi connectivity index (χ0) is 13.2. The number of halogens is 1. The fourth-order valence-corrected chi connectivity index (χ4v) is 5.56. The standard InChI is InChI=1S/C12H23BrN2O2S/c1-11-4-2-3-8-15(11)18(16,17)14-9-6-12(10-14)5-7-13/h11-12H,2-10H2,1H3. The Morgan fingerprint density at radius 3 is 2.67 bits per heavy atom. The molecule has 18 heavy (non-hydrogen) atoms. The second-order valence-corrected chi connectivity index (χ2v) is 8.13. The molecule has 0 saturated carbocycles. The van der Waals surface area contributed by atoms with E-state index in [1.54, 1.807) is 8.61 Å². The largest absolute Gasteiger partial charge is 0.282 e. The number of rotatable bonds is 4. The number of nitrogens with zero attached hydrogens (tertiary/aromatic N) is 2. The van der Waals surface area contributed by atoms with Crippen molar-refractivity contribution in [1.29, 1.82) is 0 Å². The lowest BCUT2D eigenvalue weighted by Gasteiger charge is -2.35. The molecule has 2 heterocycles. The second-order valence-electron chi connectivity index (χ2n) is 5.45. The van der Waals surface area contributed by atoms with Gasteiger partial charge in [-0.2, -0.15) is 17.0 Å². The lowest BCUT2D eigenvalue weighted by Crippen LogP contribution is -2.49. The van der Waals surface area contributed by atoms with Gasteiger partial charge in [-0.15, -0.1) is 0 Å². The molecule has 0 aromatic rings. The Bertz CT molecular complexity index is 374. The van der Waals surface area contributed by atoms with Gasteiger partial charge in [0.15, 0.2) is 0 Å². The Hall–Kier alpha value is 0.350. The highest BCUT2D eigenvalue weighted by atomic mass is 79.9. The molecule has 2 aliphatic heterocycles. The molecule has 0 spiro atoms. The molecule has 0 N–H and O–H groups in total. The molecule has 2 fully saturated rings. The van der Waals surface area contributed by atoms with Gasteiger partial charge in [-0.05, 0) is 38.5 Å². The molecule has 0 aliphatic carbocycles. The van der Waals surface area contributed by atoms with Crippen LogP contribution in [0.4, 0.5) is 0 Å². The van der Waals surface area contributed by atoms with Crippen LogP contribution in [0.2, 0.25) is 0 Å².